The van der Waals surface area contributed by atoms with Gasteiger partial charge in [-0.1, -0.05) is 217 Å². The monoisotopic (exact) mass is 564 g/mol. The van der Waals surface area contributed by atoms with E-state index in [0.717, 1.165) is 6.54 Å². The van der Waals surface area contributed by atoms with Gasteiger partial charge in [-0.2, -0.15) is 0 Å². The molecule has 0 atom stereocenters. The third-order valence-electron chi connectivity index (χ3n) is 9.14. The molecular weight excluding hydrogens is 494 g/mol. The van der Waals surface area contributed by atoms with Crippen molar-refractivity contribution in [3.8, 4) is 0 Å². The van der Waals surface area contributed by atoms with Crippen LogP contribution in [0.5, 0.6) is 0 Å². The van der Waals surface area contributed by atoms with Gasteiger partial charge in [-0.05, 0) is 17.9 Å². The summed E-state index contributed by atoms with van der Waals surface area (Å²) >= 11 is 0. The zero-order chi connectivity index (χ0) is 28.9. The maximum absolute atomic E-state index is 3.66. The number of anilines is 1. The van der Waals surface area contributed by atoms with Gasteiger partial charge in [0.1, 0.15) is 0 Å². The Morgan fingerprint density at radius 3 is 1.12 bits per heavy atom. The van der Waals surface area contributed by atoms with E-state index < -0.39 is 0 Å². The first-order chi connectivity index (χ1) is 20.4. The smallest absolute Gasteiger partial charge is 0.0419 e. The van der Waals surface area contributed by atoms with E-state index in [1.54, 1.807) is 0 Å². The van der Waals surface area contributed by atoms with Gasteiger partial charge in [0.2, 0.25) is 0 Å². The average Bonchev–Trinajstić information content (AvgIpc) is 3.00. The molecule has 2 aromatic carbocycles. The maximum atomic E-state index is 3.66. The van der Waals surface area contributed by atoms with E-state index in [-0.39, 0.29) is 0 Å². The number of fused-ring (bicyclic) bond motifs is 1. The molecule has 0 radical (unpaired) electrons. The summed E-state index contributed by atoms with van der Waals surface area (Å²) in [6.45, 7) is 3.40. The van der Waals surface area contributed by atoms with Gasteiger partial charge in [-0.15, -0.1) is 0 Å². The molecule has 0 bridgehead atoms. The summed E-state index contributed by atoms with van der Waals surface area (Å²) < 4.78 is 0. The average molecular weight is 564 g/mol. The molecule has 2 rings (SSSR count). The fourth-order valence-corrected chi connectivity index (χ4v) is 6.40. The molecule has 0 aliphatic carbocycles. The van der Waals surface area contributed by atoms with E-state index in [2.05, 4.69) is 54.7 Å². The van der Waals surface area contributed by atoms with Crippen molar-refractivity contribution in [1.82, 2.24) is 0 Å². The number of rotatable bonds is 30. The van der Waals surface area contributed by atoms with Crippen molar-refractivity contribution in [1.29, 1.82) is 0 Å². The van der Waals surface area contributed by atoms with Crippen LogP contribution in [-0.2, 0) is 0 Å². The molecule has 1 heteroatoms. The number of hydrogen-bond donors (Lipinski definition) is 1. The molecule has 1 nitrogen and oxygen atoms in total. The van der Waals surface area contributed by atoms with E-state index >= 15 is 0 Å². The molecule has 0 saturated carbocycles. The van der Waals surface area contributed by atoms with Crippen LogP contribution in [0.15, 0.2) is 42.5 Å². The lowest BCUT2D eigenvalue weighted by molar-refractivity contribution is 0.514. The van der Waals surface area contributed by atoms with E-state index in [1.807, 2.05) is 0 Å². The first-order valence-corrected chi connectivity index (χ1v) is 18.6. The van der Waals surface area contributed by atoms with Crippen LogP contribution < -0.4 is 5.32 Å². The number of hydrogen-bond acceptors (Lipinski definition) is 1. The van der Waals surface area contributed by atoms with Gasteiger partial charge in [0, 0.05) is 17.6 Å². The van der Waals surface area contributed by atoms with E-state index in [9.17, 15) is 0 Å². The molecule has 0 heterocycles. The zero-order valence-corrected chi connectivity index (χ0v) is 27.5. The Labute approximate surface area is 257 Å². The second-order valence-corrected chi connectivity index (χ2v) is 13.0. The minimum Gasteiger partial charge on any atom is -0.385 e. The molecule has 41 heavy (non-hydrogen) atoms. The first-order valence-electron chi connectivity index (χ1n) is 18.6. The van der Waals surface area contributed by atoms with Crippen LogP contribution in [0.4, 0.5) is 5.69 Å². The third-order valence-corrected chi connectivity index (χ3v) is 9.14. The summed E-state index contributed by atoms with van der Waals surface area (Å²) in [7, 11) is 0. The number of benzene rings is 2. The molecule has 0 spiro atoms. The molecule has 1 N–H and O–H groups in total. The summed E-state index contributed by atoms with van der Waals surface area (Å²) in [4.78, 5) is 0. The molecule has 234 valence electrons. The maximum Gasteiger partial charge on any atom is 0.0419 e. The molecule has 0 aromatic heterocycles. The van der Waals surface area contributed by atoms with Crippen molar-refractivity contribution in [2.75, 3.05) is 11.9 Å². The van der Waals surface area contributed by atoms with Crippen molar-refractivity contribution < 1.29 is 0 Å². The molecule has 2 aromatic rings. The second kappa shape index (κ2) is 27.3. The van der Waals surface area contributed by atoms with E-state index in [1.165, 1.54) is 196 Å². The van der Waals surface area contributed by atoms with Crippen LogP contribution in [0.3, 0.4) is 0 Å². The highest BCUT2D eigenvalue weighted by molar-refractivity contribution is 5.93. The Morgan fingerprint density at radius 1 is 0.366 bits per heavy atom. The van der Waals surface area contributed by atoms with E-state index in [4.69, 9.17) is 0 Å². The lowest BCUT2D eigenvalue weighted by Gasteiger charge is -2.09. The number of nitrogens with one attached hydrogen (secondary N) is 1. The highest BCUT2D eigenvalue weighted by Gasteiger charge is 2.00. The van der Waals surface area contributed by atoms with Gasteiger partial charge in [0.25, 0.3) is 0 Å². The summed E-state index contributed by atoms with van der Waals surface area (Å²) in [5.41, 5.74) is 1.29. The predicted octanol–water partition coefficient (Wildman–Crippen LogP) is 14.2. The third kappa shape index (κ3) is 20.1. The molecule has 0 aliphatic rings. The summed E-state index contributed by atoms with van der Waals surface area (Å²) in [5, 5.41) is 6.33. The highest BCUT2D eigenvalue weighted by atomic mass is 14.9. The highest BCUT2D eigenvalue weighted by Crippen LogP contribution is 2.23. The topological polar surface area (TPSA) is 12.0 Å². The van der Waals surface area contributed by atoms with Gasteiger partial charge in [-0.25, -0.2) is 0 Å². The lowest BCUT2D eigenvalue weighted by atomic mass is 10.0. The number of unbranched alkanes of at least 4 members (excludes halogenated alkanes) is 27. The largest absolute Gasteiger partial charge is 0.385 e. The summed E-state index contributed by atoms with van der Waals surface area (Å²) in [5.74, 6) is 0. The molecule has 0 saturated heterocycles. The SMILES string of the molecule is CCCCCCCCCCCCCCCCCCCCCCCCCCCCCCNc1cccc2ccccc12. The summed E-state index contributed by atoms with van der Waals surface area (Å²) in [6.07, 6.45) is 40.7. The van der Waals surface area contributed by atoms with Crippen LogP contribution in [0, 0.1) is 0 Å². The Balaban J connectivity index is 1.20. The Hall–Kier alpha value is -1.50. The van der Waals surface area contributed by atoms with Gasteiger partial charge in [0.05, 0.1) is 0 Å². The van der Waals surface area contributed by atoms with E-state index in [0.29, 0.717) is 0 Å². The van der Waals surface area contributed by atoms with Crippen molar-refractivity contribution in [3.05, 3.63) is 42.5 Å². The van der Waals surface area contributed by atoms with Crippen molar-refractivity contribution in [3.63, 3.8) is 0 Å². The normalized spacial score (nSPS) is 11.4. The van der Waals surface area contributed by atoms with Crippen molar-refractivity contribution in [2.45, 2.75) is 187 Å². The van der Waals surface area contributed by atoms with Crippen LogP contribution in [-0.4, -0.2) is 6.54 Å². The molecule has 0 fully saturated rings. The Bertz CT molecular complexity index is 806. The van der Waals surface area contributed by atoms with Crippen LogP contribution in [0.2, 0.25) is 0 Å². The predicted molar refractivity (Wildman–Crippen MR) is 187 cm³/mol. The standard InChI is InChI=1S/C40H69N/c1-2-3-4-5-6-7-8-9-10-11-12-13-14-15-16-17-18-19-20-21-22-23-24-25-26-27-28-31-37-41-40-36-32-34-38-33-29-30-35-39(38)40/h29-30,32-36,41H,2-28,31,37H2,1H3. The summed E-state index contributed by atoms with van der Waals surface area (Å²) in [6, 6.07) is 15.2. The Kier molecular flexibility index (Phi) is 23.8. The molecule has 0 amide bonds. The van der Waals surface area contributed by atoms with Crippen LogP contribution >= 0.6 is 0 Å². The molecular formula is C40H69N. The minimum absolute atomic E-state index is 1.09. The minimum atomic E-state index is 1.09. The Morgan fingerprint density at radius 2 is 0.707 bits per heavy atom. The fourth-order valence-electron chi connectivity index (χ4n) is 6.40. The van der Waals surface area contributed by atoms with Gasteiger partial charge in [0.15, 0.2) is 0 Å². The second-order valence-electron chi connectivity index (χ2n) is 13.0. The van der Waals surface area contributed by atoms with Crippen molar-refractivity contribution >= 4 is 16.5 Å². The lowest BCUT2D eigenvalue weighted by Crippen LogP contribution is -2.01. The zero-order valence-electron chi connectivity index (χ0n) is 27.5. The molecule has 0 aliphatic heterocycles. The van der Waals surface area contributed by atoms with Gasteiger partial charge in [-0.3, -0.25) is 0 Å². The van der Waals surface area contributed by atoms with Gasteiger partial charge < -0.3 is 5.32 Å². The van der Waals surface area contributed by atoms with Crippen LogP contribution in [0.25, 0.3) is 10.8 Å². The van der Waals surface area contributed by atoms with Crippen molar-refractivity contribution in [2.24, 2.45) is 0 Å². The first kappa shape index (κ1) is 35.7. The fraction of sp³-hybridized carbons (Fsp3) is 0.750. The van der Waals surface area contributed by atoms with Crippen LogP contribution in [0.1, 0.15) is 187 Å². The quantitative estimate of drug-likeness (QED) is 0.0932. The van der Waals surface area contributed by atoms with Gasteiger partial charge >= 0.3 is 0 Å². The molecule has 0 unspecified atom stereocenters.